The van der Waals surface area contributed by atoms with Crippen molar-refractivity contribution >= 4 is 28.7 Å². The molecule has 0 radical (unpaired) electrons. The van der Waals surface area contributed by atoms with Crippen molar-refractivity contribution in [1.29, 1.82) is 0 Å². The summed E-state index contributed by atoms with van der Waals surface area (Å²) >= 11 is 5.86. The van der Waals surface area contributed by atoms with Crippen LogP contribution in [0.4, 0.5) is 11.4 Å². The summed E-state index contributed by atoms with van der Waals surface area (Å²) < 4.78 is 13.0. The fourth-order valence-corrected chi connectivity index (χ4v) is 5.46. The van der Waals surface area contributed by atoms with Gasteiger partial charge in [0.1, 0.15) is 11.5 Å². The molecule has 38 heavy (non-hydrogen) atoms. The van der Waals surface area contributed by atoms with Crippen LogP contribution in [0.3, 0.4) is 0 Å². The minimum Gasteiger partial charge on any atom is -0.497 e. The molecule has 1 aliphatic rings. The van der Waals surface area contributed by atoms with Crippen molar-refractivity contribution in [1.82, 2.24) is 14.9 Å². The van der Waals surface area contributed by atoms with Gasteiger partial charge in [0.25, 0.3) is 5.69 Å². The van der Waals surface area contributed by atoms with Crippen LogP contribution >= 0.6 is 12.2 Å². The lowest BCUT2D eigenvalue weighted by Gasteiger charge is -2.28. The zero-order valence-corrected chi connectivity index (χ0v) is 22.2. The van der Waals surface area contributed by atoms with Gasteiger partial charge in [-0.15, -0.1) is 0 Å². The largest absolute Gasteiger partial charge is 0.497 e. The molecule has 1 saturated heterocycles. The van der Waals surface area contributed by atoms with E-state index in [0.717, 1.165) is 39.8 Å². The average molecular weight is 530 g/mol. The van der Waals surface area contributed by atoms with Crippen LogP contribution in [0.25, 0.3) is 5.69 Å². The van der Waals surface area contributed by atoms with Crippen molar-refractivity contribution < 1.29 is 14.4 Å². The van der Waals surface area contributed by atoms with E-state index in [1.54, 1.807) is 19.4 Å². The molecule has 1 N–H and O–H groups in total. The van der Waals surface area contributed by atoms with E-state index in [1.165, 1.54) is 19.2 Å². The van der Waals surface area contributed by atoms with Gasteiger partial charge in [-0.1, -0.05) is 6.07 Å². The summed E-state index contributed by atoms with van der Waals surface area (Å²) in [5.41, 5.74) is 5.44. The van der Waals surface area contributed by atoms with E-state index in [-0.39, 0.29) is 17.8 Å². The lowest BCUT2D eigenvalue weighted by molar-refractivity contribution is -0.384. The van der Waals surface area contributed by atoms with Gasteiger partial charge in [-0.05, 0) is 80.2 Å². The van der Waals surface area contributed by atoms with E-state index in [9.17, 15) is 10.1 Å². The fraction of sp³-hybridized carbons (Fsp3) is 0.214. The van der Waals surface area contributed by atoms with Crippen LogP contribution in [0, 0.1) is 24.0 Å². The second-order valence-electron chi connectivity index (χ2n) is 8.97. The van der Waals surface area contributed by atoms with Crippen LogP contribution in [0.15, 0.2) is 72.9 Å². The number of ether oxygens (including phenoxy) is 2. The number of nitrogens with one attached hydrogen (secondary N) is 1. The van der Waals surface area contributed by atoms with E-state index in [0.29, 0.717) is 10.9 Å². The standard InChI is InChI=1S/C28H27N5O4S/c1-17-15-22(18(2)31(17)24-13-10-20(33(34)35)16-25(24)37-4)27-26(23-7-5-6-14-29-23)30-28(38)32(27)19-8-11-21(36-3)12-9-19/h5-16,26-27H,1-4H3,(H,30,38)/t26-,27-/m1/s1. The highest BCUT2D eigenvalue weighted by Gasteiger charge is 2.42. The monoisotopic (exact) mass is 529 g/mol. The van der Waals surface area contributed by atoms with Gasteiger partial charge in [0.15, 0.2) is 5.11 Å². The molecule has 2 atom stereocenters. The smallest absolute Gasteiger partial charge is 0.273 e. The van der Waals surface area contributed by atoms with Crippen molar-refractivity contribution in [3.05, 3.63) is 106 Å². The lowest BCUT2D eigenvalue weighted by Crippen LogP contribution is -2.29. The molecule has 10 heteroatoms. The number of nitrogens with zero attached hydrogens (tertiary/aromatic N) is 4. The zero-order valence-electron chi connectivity index (χ0n) is 21.4. The number of hydrogen-bond donors (Lipinski definition) is 1. The highest BCUT2D eigenvalue weighted by atomic mass is 32.1. The molecule has 5 rings (SSSR count). The Balaban J connectivity index is 1.67. The number of benzene rings is 2. The minimum absolute atomic E-state index is 0.0282. The van der Waals surface area contributed by atoms with Crippen LogP contribution in [0.2, 0.25) is 0 Å². The maximum atomic E-state index is 11.3. The molecular weight excluding hydrogens is 502 g/mol. The number of nitro benzene ring substituents is 1. The topological polar surface area (TPSA) is 94.7 Å². The Morgan fingerprint density at radius 3 is 2.42 bits per heavy atom. The zero-order chi connectivity index (χ0) is 27.0. The second kappa shape index (κ2) is 10.1. The van der Waals surface area contributed by atoms with Gasteiger partial charge in [-0.2, -0.15) is 0 Å². The van der Waals surface area contributed by atoms with E-state index >= 15 is 0 Å². The van der Waals surface area contributed by atoms with Gasteiger partial charge in [0, 0.05) is 29.3 Å². The van der Waals surface area contributed by atoms with Crippen molar-refractivity contribution in [3.8, 4) is 17.2 Å². The number of hydrogen-bond acceptors (Lipinski definition) is 6. The Labute approximate surface area is 225 Å². The molecule has 0 unspecified atom stereocenters. The molecule has 3 heterocycles. The van der Waals surface area contributed by atoms with Crippen LogP contribution < -0.4 is 19.7 Å². The van der Waals surface area contributed by atoms with Gasteiger partial charge >= 0.3 is 0 Å². The van der Waals surface area contributed by atoms with Crippen LogP contribution in [-0.2, 0) is 0 Å². The molecule has 0 amide bonds. The van der Waals surface area contributed by atoms with Gasteiger partial charge < -0.3 is 24.3 Å². The van der Waals surface area contributed by atoms with Crippen molar-refractivity contribution in [2.45, 2.75) is 25.9 Å². The van der Waals surface area contributed by atoms with Crippen LogP contribution in [0.5, 0.6) is 11.5 Å². The summed E-state index contributed by atoms with van der Waals surface area (Å²) in [6.45, 7) is 4.04. The van der Waals surface area contributed by atoms with Crippen molar-refractivity contribution in [2.24, 2.45) is 0 Å². The molecule has 2 aromatic carbocycles. The normalized spacial score (nSPS) is 16.8. The Kier molecular flexibility index (Phi) is 6.73. The predicted octanol–water partition coefficient (Wildman–Crippen LogP) is 5.59. The quantitative estimate of drug-likeness (QED) is 0.188. The summed E-state index contributed by atoms with van der Waals surface area (Å²) in [6, 6.07) is 20.0. The highest BCUT2D eigenvalue weighted by Crippen LogP contribution is 2.44. The third kappa shape index (κ3) is 4.32. The van der Waals surface area contributed by atoms with Crippen LogP contribution in [0.1, 0.15) is 34.7 Å². The lowest BCUT2D eigenvalue weighted by atomic mass is 9.96. The second-order valence-corrected chi connectivity index (χ2v) is 9.36. The third-order valence-electron chi connectivity index (χ3n) is 6.85. The number of thiocarbonyl (C=S) groups is 1. The number of anilines is 1. The number of nitro groups is 1. The number of pyridine rings is 1. The van der Waals surface area contributed by atoms with E-state index in [4.69, 9.17) is 21.7 Å². The Bertz CT molecular complexity index is 1500. The van der Waals surface area contributed by atoms with E-state index < -0.39 is 4.92 Å². The first kappa shape index (κ1) is 25.2. The molecule has 2 aromatic heterocycles. The average Bonchev–Trinajstić information content (AvgIpc) is 3.43. The van der Waals surface area contributed by atoms with Crippen molar-refractivity contribution in [3.63, 3.8) is 0 Å². The molecule has 0 bridgehead atoms. The van der Waals surface area contributed by atoms with Gasteiger partial charge in [0.2, 0.25) is 0 Å². The Morgan fingerprint density at radius 1 is 1.03 bits per heavy atom. The molecule has 194 valence electrons. The predicted molar refractivity (Wildman–Crippen MR) is 149 cm³/mol. The summed E-state index contributed by atoms with van der Waals surface area (Å²) in [7, 11) is 3.15. The van der Waals surface area contributed by atoms with Crippen LogP contribution in [-0.4, -0.2) is 33.8 Å². The molecular formula is C28H27N5O4S. The first-order chi connectivity index (χ1) is 18.3. The SMILES string of the molecule is COc1ccc(N2C(=S)N[C@H](c3ccccn3)[C@H]2c2cc(C)n(-c3ccc([N+](=O)[O-])cc3OC)c2C)cc1. The maximum absolute atomic E-state index is 11.3. The Morgan fingerprint density at radius 2 is 1.79 bits per heavy atom. The molecule has 1 aliphatic heterocycles. The molecule has 1 fully saturated rings. The maximum Gasteiger partial charge on any atom is 0.273 e. The summed E-state index contributed by atoms with van der Waals surface area (Å²) in [4.78, 5) is 17.7. The van der Waals surface area contributed by atoms with E-state index in [2.05, 4.69) is 25.8 Å². The number of aryl methyl sites for hydroxylation is 1. The summed E-state index contributed by atoms with van der Waals surface area (Å²) in [5, 5.41) is 15.4. The Hall–Kier alpha value is -4.44. The number of methoxy groups -OCH3 is 2. The molecule has 4 aromatic rings. The molecule has 0 aliphatic carbocycles. The van der Waals surface area contributed by atoms with E-state index in [1.807, 2.05) is 56.3 Å². The molecule has 0 saturated carbocycles. The molecule has 0 spiro atoms. The first-order valence-corrected chi connectivity index (χ1v) is 12.4. The summed E-state index contributed by atoms with van der Waals surface area (Å²) in [6.07, 6.45) is 1.78. The fourth-order valence-electron chi connectivity index (χ4n) is 5.11. The number of rotatable bonds is 7. The minimum atomic E-state index is -0.428. The van der Waals surface area contributed by atoms with Crippen molar-refractivity contribution in [2.75, 3.05) is 19.1 Å². The third-order valence-corrected chi connectivity index (χ3v) is 7.17. The number of non-ortho nitro benzene ring substituents is 1. The molecule has 9 nitrogen and oxygen atoms in total. The summed E-state index contributed by atoms with van der Waals surface area (Å²) in [5.74, 6) is 1.17. The van der Waals surface area contributed by atoms with Gasteiger partial charge in [0.05, 0.1) is 48.7 Å². The first-order valence-electron chi connectivity index (χ1n) is 12.0. The van der Waals surface area contributed by atoms with Gasteiger partial charge in [-0.25, -0.2) is 0 Å². The highest BCUT2D eigenvalue weighted by molar-refractivity contribution is 7.80. The number of aromatic nitrogens is 2. The van der Waals surface area contributed by atoms with Gasteiger partial charge in [-0.3, -0.25) is 15.1 Å².